The SMILES string of the molecule is Nc1ccc2[nH]c(C(=O)N3CCCC4CCCC43)cc2c1. The molecule has 2 atom stereocenters. The molecule has 2 heterocycles. The maximum absolute atomic E-state index is 12.9. The van der Waals surface area contributed by atoms with Crippen LogP contribution in [0.3, 0.4) is 0 Å². The molecule has 1 saturated heterocycles. The van der Waals surface area contributed by atoms with Gasteiger partial charge in [-0.25, -0.2) is 0 Å². The van der Waals surface area contributed by atoms with Crippen LogP contribution in [0.5, 0.6) is 0 Å². The Hall–Kier alpha value is -1.97. The van der Waals surface area contributed by atoms with Gasteiger partial charge in [0.05, 0.1) is 0 Å². The molecule has 2 unspecified atom stereocenters. The quantitative estimate of drug-likeness (QED) is 0.790. The van der Waals surface area contributed by atoms with E-state index in [0.717, 1.165) is 35.5 Å². The molecule has 0 bridgehead atoms. The number of piperidine rings is 1. The van der Waals surface area contributed by atoms with Crippen LogP contribution in [-0.2, 0) is 0 Å². The molecule has 0 spiro atoms. The zero-order valence-corrected chi connectivity index (χ0v) is 12.1. The van der Waals surface area contributed by atoms with Gasteiger partial charge in [0.25, 0.3) is 5.91 Å². The van der Waals surface area contributed by atoms with E-state index < -0.39 is 0 Å². The summed E-state index contributed by atoms with van der Waals surface area (Å²) in [4.78, 5) is 18.2. The third-order valence-corrected chi connectivity index (χ3v) is 5.13. The number of hydrogen-bond acceptors (Lipinski definition) is 2. The van der Waals surface area contributed by atoms with E-state index in [-0.39, 0.29) is 5.91 Å². The number of anilines is 1. The highest BCUT2D eigenvalue weighted by atomic mass is 16.2. The van der Waals surface area contributed by atoms with Crippen LogP contribution in [0.4, 0.5) is 5.69 Å². The van der Waals surface area contributed by atoms with Crippen LogP contribution in [0.2, 0.25) is 0 Å². The van der Waals surface area contributed by atoms with Crippen LogP contribution >= 0.6 is 0 Å². The van der Waals surface area contributed by atoms with Crippen LogP contribution in [0.15, 0.2) is 24.3 Å². The van der Waals surface area contributed by atoms with E-state index in [1.807, 2.05) is 24.3 Å². The van der Waals surface area contributed by atoms with Crippen LogP contribution in [0.1, 0.15) is 42.6 Å². The Morgan fingerprint density at radius 3 is 2.95 bits per heavy atom. The number of amides is 1. The van der Waals surface area contributed by atoms with Crippen molar-refractivity contribution in [2.75, 3.05) is 12.3 Å². The molecular formula is C17H21N3O. The molecule has 4 heteroatoms. The molecule has 21 heavy (non-hydrogen) atoms. The van der Waals surface area contributed by atoms with Crippen molar-refractivity contribution in [2.45, 2.75) is 38.1 Å². The first-order valence-electron chi connectivity index (χ1n) is 7.91. The molecule has 1 aliphatic heterocycles. The van der Waals surface area contributed by atoms with E-state index in [9.17, 15) is 4.79 Å². The zero-order valence-electron chi connectivity index (χ0n) is 12.1. The van der Waals surface area contributed by atoms with Gasteiger partial charge in [-0.15, -0.1) is 0 Å². The number of aromatic amines is 1. The molecule has 1 aliphatic carbocycles. The highest BCUT2D eigenvalue weighted by Gasteiger charge is 2.37. The van der Waals surface area contributed by atoms with Crippen LogP contribution in [0.25, 0.3) is 10.9 Å². The minimum atomic E-state index is 0.154. The van der Waals surface area contributed by atoms with E-state index in [1.54, 1.807) is 0 Å². The van der Waals surface area contributed by atoms with Crippen molar-refractivity contribution >= 4 is 22.5 Å². The fourth-order valence-corrected chi connectivity index (χ4v) is 4.13. The first-order chi connectivity index (χ1) is 10.2. The highest BCUT2D eigenvalue weighted by Crippen LogP contribution is 2.37. The second-order valence-corrected chi connectivity index (χ2v) is 6.43. The predicted molar refractivity (Wildman–Crippen MR) is 84.1 cm³/mol. The number of nitrogens with zero attached hydrogens (tertiary/aromatic N) is 1. The summed E-state index contributed by atoms with van der Waals surface area (Å²) in [5.74, 6) is 0.879. The Morgan fingerprint density at radius 1 is 1.19 bits per heavy atom. The summed E-state index contributed by atoms with van der Waals surface area (Å²) >= 11 is 0. The molecule has 4 rings (SSSR count). The van der Waals surface area contributed by atoms with Crippen molar-refractivity contribution in [3.63, 3.8) is 0 Å². The Labute approximate surface area is 124 Å². The number of nitrogens with two attached hydrogens (primary N) is 1. The van der Waals surface area contributed by atoms with Crippen molar-refractivity contribution in [2.24, 2.45) is 5.92 Å². The second-order valence-electron chi connectivity index (χ2n) is 6.43. The summed E-state index contributed by atoms with van der Waals surface area (Å²) in [5.41, 5.74) is 8.22. The van der Waals surface area contributed by atoms with Crippen molar-refractivity contribution in [3.8, 4) is 0 Å². The Balaban J connectivity index is 1.66. The summed E-state index contributed by atoms with van der Waals surface area (Å²) in [6, 6.07) is 8.11. The van der Waals surface area contributed by atoms with Gasteiger partial charge in [0.15, 0.2) is 0 Å². The molecule has 1 amide bonds. The Bertz CT molecular complexity index is 690. The number of carbonyl (C=O) groups is 1. The third kappa shape index (κ3) is 2.09. The van der Waals surface area contributed by atoms with Gasteiger partial charge in [-0.05, 0) is 55.9 Å². The monoisotopic (exact) mass is 283 g/mol. The lowest BCUT2D eigenvalue weighted by atomic mass is 9.92. The molecule has 4 nitrogen and oxygen atoms in total. The van der Waals surface area contributed by atoms with Gasteiger partial charge in [-0.1, -0.05) is 6.42 Å². The minimum absolute atomic E-state index is 0.154. The topological polar surface area (TPSA) is 62.1 Å². The predicted octanol–water partition coefficient (Wildman–Crippen LogP) is 3.15. The average Bonchev–Trinajstić information content (AvgIpc) is 3.11. The number of rotatable bonds is 1. The molecule has 2 aliphatic rings. The lowest BCUT2D eigenvalue weighted by Crippen LogP contribution is -2.46. The van der Waals surface area contributed by atoms with Crippen molar-refractivity contribution < 1.29 is 4.79 Å². The Kier molecular flexibility index (Phi) is 2.91. The number of nitrogen functional groups attached to an aromatic ring is 1. The number of aromatic nitrogens is 1. The molecule has 3 N–H and O–H groups in total. The van der Waals surface area contributed by atoms with Crippen molar-refractivity contribution in [3.05, 3.63) is 30.0 Å². The molecule has 2 fully saturated rings. The lowest BCUT2D eigenvalue weighted by molar-refractivity contribution is 0.0543. The van der Waals surface area contributed by atoms with E-state index in [1.165, 1.54) is 25.7 Å². The fraction of sp³-hybridized carbons (Fsp3) is 0.471. The van der Waals surface area contributed by atoms with E-state index in [0.29, 0.717) is 11.7 Å². The number of fused-ring (bicyclic) bond motifs is 2. The minimum Gasteiger partial charge on any atom is -0.399 e. The van der Waals surface area contributed by atoms with Gasteiger partial charge < -0.3 is 15.6 Å². The zero-order chi connectivity index (χ0) is 14.4. The van der Waals surface area contributed by atoms with Crippen LogP contribution in [0, 0.1) is 5.92 Å². The number of benzene rings is 1. The van der Waals surface area contributed by atoms with E-state index >= 15 is 0 Å². The second kappa shape index (κ2) is 4.79. The number of hydrogen-bond donors (Lipinski definition) is 2. The van der Waals surface area contributed by atoms with Gasteiger partial charge in [-0.3, -0.25) is 4.79 Å². The normalized spacial score (nSPS) is 25.2. The smallest absolute Gasteiger partial charge is 0.270 e. The van der Waals surface area contributed by atoms with Gasteiger partial charge in [0.1, 0.15) is 5.69 Å². The fourth-order valence-electron chi connectivity index (χ4n) is 4.13. The third-order valence-electron chi connectivity index (χ3n) is 5.13. The first kappa shape index (κ1) is 12.7. The molecule has 2 aromatic rings. The van der Waals surface area contributed by atoms with Crippen LogP contribution < -0.4 is 5.73 Å². The van der Waals surface area contributed by atoms with Gasteiger partial charge in [-0.2, -0.15) is 0 Å². The number of carbonyl (C=O) groups excluding carboxylic acids is 1. The van der Waals surface area contributed by atoms with Gasteiger partial charge >= 0.3 is 0 Å². The number of nitrogens with one attached hydrogen (secondary N) is 1. The highest BCUT2D eigenvalue weighted by molar-refractivity contribution is 5.98. The molecule has 1 aromatic carbocycles. The molecular weight excluding hydrogens is 262 g/mol. The number of likely N-dealkylation sites (tertiary alicyclic amines) is 1. The largest absolute Gasteiger partial charge is 0.399 e. The van der Waals surface area contributed by atoms with Crippen LogP contribution in [-0.4, -0.2) is 28.4 Å². The summed E-state index contributed by atoms with van der Waals surface area (Å²) < 4.78 is 0. The van der Waals surface area contributed by atoms with Gasteiger partial charge in [0, 0.05) is 29.2 Å². The standard InChI is InChI=1S/C17H21N3O/c18-13-6-7-14-12(9-13)10-15(19-14)17(21)20-8-2-4-11-3-1-5-16(11)20/h6-7,9-11,16,19H,1-5,8,18H2. The Morgan fingerprint density at radius 2 is 2.05 bits per heavy atom. The van der Waals surface area contributed by atoms with E-state index in [4.69, 9.17) is 5.73 Å². The first-order valence-corrected chi connectivity index (χ1v) is 7.91. The molecule has 110 valence electrons. The maximum atomic E-state index is 12.9. The maximum Gasteiger partial charge on any atom is 0.270 e. The molecule has 0 radical (unpaired) electrons. The summed E-state index contributed by atoms with van der Waals surface area (Å²) in [6.07, 6.45) is 6.15. The van der Waals surface area contributed by atoms with Gasteiger partial charge in [0.2, 0.25) is 0 Å². The summed E-state index contributed by atoms with van der Waals surface area (Å²) in [6.45, 7) is 0.900. The van der Waals surface area contributed by atoms with E-state index in [2.05, 4.69) is 9.88 Å². The average molecular weight is 283 g/mol. The summed E-state index contributed by atoms with van der Waals surface area (Å²) in [7, 11) is 0. The van der Waals surface area contributed by atoms with Crippen molar-refractivity contribution in [1.82, 2.24) is 9.88 Å². The summed E-state index contributed by atoms with van der Waals surface area (Å²) in [5, 5.41) is 1.01. The molecule has 1 saturated carbocycles. The molecule has 1 aromatic heterocycles. The van der Waals surface area contributed by atoms with Crippen molar-refractivity contribution in [1.29, 1.82) is 0 Å². The lowest BCUT2D eigenvalue weighted by Gasteiger charge is -2.37. The number of H-pyrrole nitrogens is 1.